The molecule has 0 unspecified atom stereocenters. The lowest BCUT2D eigenvalue weighted by Gasteiger charge is -2.22. The molecule has 0 aliphatic carbocycles. The van der Waals surface area contributed by atoms with Gasteiger partial charge >= 0.3 is 0 Å². The van der Waals surface area contributed by atoms with Crippen LogP contribution in [0.3, 0.4) is 0 Å². The molecule has 0 atom stereocenters. The zero-order chi connectivity index (χ0) is 20.9. The molecule has 0 amide bonds. The highest BCUT2D eigenvalue weighted by Gasteiger charge is 2.33. The lowest BCUT2D eigenvalue weighted by molar-refractivity contribution is -0.659. The van der Waals surface area contributed by atoms with Gasteiger partial charge in [0.1, 0.15) is 35.1 Å². The van der Waals surface area contributed by atoms with Crippen LogP contribution in [-0.4, -0.2) is 0 Å². The van der Waals surface area contributed by atoms with E-state index in [2.05, 4.69) is 80.2 Å². The Hall–Kier alpha value is -3.85. The number of para-hydroxylation sites is 1. The number of ether oxygens (including phenoxy) is 1. The summed E-state index contributed by atoms with van der Waals surface area (Å²) in [5.41, 5.74) is 6.60. The van der Waals surface area contributed by atoms with Crippen molar-refractivity contribution < 1.29 is 13.7 Å². The third-order valence-electron chi connectivity index (χ3n) is 6.73. The molecule has 4 aromatic carbocycles. The molecular formula is C28H20NO2+. The van der Waals surface area contributed by atoms with E-state index in [1.807, 2.05) is 12.1 Å². The Bertz CT molecular complexity index is 1740. The van der Waals surface area contributed by atoms with Crippen LogP contribution in [0.25, 0.3) is 54.7 Å². The largest absolute Gasteiger partial charge is 0.455 e. The number of hydrogen-bond acceptors (Lipinski definition) is 2. The van der Waals surface area contributed by atoms with Gasteiger partial charge in [-0.15, -0.1) is 0 Å². The van der Waals surface area contributed by atoms with Crippen molar-refractivity contribution in [2.75, 3.05) is 0 Å². The molecule has 0 saturated heterocycles. The predicted molar refractivity (Wildman–Crippen MR) is 125 cm³/mol. The Balaban J connectivity index is 1.73. The van der Waals surface area contributed by atoms with Crippen molar-refractivity contribution >= 4 is 43.5 Å². The lowest BCUT2D eigenvalue weighted by atomic mass is 9.90. The Morgan fingerprint density at radius 3 is 2.42 bits per heavy atom. The van der Waals surface area contributed by atoms with Gasteiger partial charge in [-0.05, 0) is 48.4 Å². The average molecular weight is 402 g/mol. The first-order valence-corrected chi connectivity index (χ1v) is 10.6. The highest BCUT2D eigenvalue weighted by atomic mass is 16.5. The fourth-order valence-corrected chi connectivity index (χ4v) is 5.41. The van der Waals surface area contributed by atoms with Crippen molar-refractivity contribution in [3.05, 3.63) is 78.0 Å². The topological polar surface area (TPSA) is 26.2 Å². The normalized spacial score (nSPS) is 12.6. The molecule has 0 saturated carbocycles. The summed E-state index contributed by atoms with van der Waals surface area (Å²) in [6, 6.07) is 21.1. The van der Waals surface area contributed by atoms with E-state index >= 15 is 0 Å². The molecule has 0 bridgehead atoms. The first-order chi connectivity index (χ1) is 15.1. The summed E-state index contributed by atoms with van der Waals surface area (Å²) in [5.74, 6) is 1.81. The Morgan fingerprint density at radius 2 is 1.55 bits per heavy atom. The van der Waals surface area contributed by atoms with E-state index in [0.29, 0.717) is 0 Å². The molecule has 148 valence electrons. The molecule has 3 heteroatoms. The lowest BCUT2D eigenvalue weighted by Crippen LogP contribution is -2.32. The zero-order valence-electron chi connectivity index (χ0n) is 17.6. The molecule has 0 spiro atoms. The van der Waals surface area contributed by atoms with Gasteiger partial charge in [0.25, 0.3) is 0 Å². The molecule has 7 rings (SSSR count). The number of rotatable bonds is 0. The predicted octanol–water partition coefficient (Wildman–Crippen LogP) is 7.11. The molecule has 1 aliphatic rings. The number of aromatic nitrogens is 1. The van der Waals surface area contributed by atoms with Gasteiger partial charge in [-0.3, -0.25) is 0 Å². The fraction of sp³-hybridized carbons (Fsp3) is 0.107. The molecule has 1 aliphatic heterocycles. The van der Waals surface area contributed by atoms with Crippen LogP contribution >= 0.6 is 0 Å². The summed E-state index contributed by atoms with van der Waals surface area (Å²) in [6.45, 7) is 4.35. The Labute approximate surface area is 179 Å². The van der Waals surface area contributed by atoms with Crippen LogP contribution < -0.4 is 9.30 Å². The molecule has 0 N–H and O–H groups in total. The van der Waals surface area contributed by atoms with Crippen molar-refractivity contribution in [2.45, 2.75) is 13.8 Å². The van der Waals surface area contributed by atoms with Crippen molar-refractivity contribution in [1.82, 2.24) is 0 Å². The van der Waals surface area contributed by atoms with Crippen molar-refractivity contribution in [2.24, 2.45) is 7.05 Å². The van der Waals surface area contributed by atoms with E-state index < -0.39 is 0 Å². The van der Waals surface area contributed by atoms with Crippen LogP contribution in [0.4, 0.5) is 0 Å². The van der Waals surface area contributed by atoms with Gasteiger partial charge in [-0.1, -0.05) is 42.5 Å². The Morgan fingerprint density at radius 1 is 0.774 bits per heavy atom. The second kappa shape index (κ2) is 5.64. The smallest absolute Gasteiger partial charge is 0.228 e. The molecule has 3 nitrogen and oxygen atoms in total. The van der Waals surface area contributed by atoms with Gasteiger partial charge in [0.05, 0.1) is 5.56 Å². The van der Waals surface area contributed by atoms with Crippen LogP contribution in [0, 0.1) is 13.8 Å². The molecule has 31 heavy (non-hydrogen) atoms. The number of nitrogens with zero attached hydrogens (tertiary/aromatic N) is 1. The van der Waals surface area contributed by atoms with Gasteiger partial charge in [0.15, 0.2) is 6.20 Å². The third-order valence-corrected chi connectivity index (χ3v) is 6.73. The SMILES string of the molecule is Cc1c2c(cc3ccccc13)Oc1cc3c4ccccc4oc3c3c(C)c[n+](C)c-2c13. The van der Waals surface area contributed by atoms with Gasteiger partial charge < -0.3 is 9.15 Å². The van der Waals surface area contributed by atoms with Crippen LogP contribution in [0.5, 0.6) is 11.5 Å². The summed E-state index contributed by atoms with van der Waals surface area (Å²) in [7, 11) is 2.12. The molecule has 6 aromatic rings. The fourth-order valence-electron chi connectivity index (χ4n) is 5.41. The summed E-state index contributed by atoms with van der Waals surface area (Å²) >= 11 is 0. The minimum atomic E-state index is 0.894. The van der Waals surface area contributed by atoms with Crippen molar-refractivity contribution in [3.63, 3.8) is 0 Å². The Kier molecular flexibility index (Phi) is 3.07. The summed E-state index contributed by atoms with van der Waals surface area (Å²) in [4.78, 5) is 0. The minimum absolute atomic E-state index is 0.894. The van der Waals surface area contributed by atoms with Gasteiger partial charge in [0, 0.05) is 21.7 Å². The summed E-state index contributed by atoms with van der Waals surface area (Å²) in [5, 5.41) is 6.93. The number of hydrogen-bond donors (Lipinski definition) is 0. The van der Waals surface area contributed by atoms with Crippen LogP contribution in [0.1, 0.15) is 11.1 Å². The van der Waals surface area contributed by atoms with E-state index in [4.69, 9.17) is 9.15 Å². The highest BCUT2D eigenvalue weighted by molar-refractivity contribution is 6.20. The molecule has 0 fully saturated rings. The first-order valence-electron chi connectivity index (χ1n) is 10.6. The van der Waals surface area contributed by atoms with Gasteiger partial charge in [-0.25, -0.2) is 0 Å². The number of furan rings is 1. The first kappa shape index (κ1) is 16.9. The average Bonchev–Trinajstić information content (AvgIpc) is 3.14. The number of aryl methyl sites for hydroxylation is 3. The monoisotopic (exact) mass is 402 g/mol. The molecule has 0 radical (unpaired) electrons. The standard InChI is InChI=1S/C28H20NO2/c1-15-14-29(3)27-25-16(2)18-9-5-4-8-17(18)12-22(25)30-23-13-20-19-10-6-7-11-21(19)31-28(20)24(15)26(23)27/h4-14H,1-3H3/q+1. The number of fused-ring (bicyclic) bond motifs is 7. The van der Waals surface area contributed by atoms with Crippen molar-refractivity contribution in [1.29, 1.82) is 0 Å². The van der Waals surface area contributed by atoms with E-state index in [1.165, 1.54) is 27.6 Å². The van der Waals surface area contributed by atoms with E-state index in [0.717, 1.165) is 49.8 Å². The van der Waals surface area contributed by atoms with Gasteiger partial charge in [0.2, 0.25) is 5.69 Å². The maximum Gasteiger partial charge on any atom is 0.228 e. The summed E-state index contributed by atoms with van der Waals surface area (Å²) < 4.78 is 15.2. The summed E-state index contributed by atoms with van der Waals surface area (Å²) in [6.07, 6.45) is 2.21. The van der Waals surface area contributed by atoms with E-state index in [1.54, 1.807) is 0 Å². The molecular weight excluding hydrogens is 382 g/mol. The third kappa shape index (κ3) is 2.05. The van der Waals surface area contributed by atoms with Crippen LogP contribution in [0.2, 0.25) is 0 Å². The van der Waals surface area contributed by atoms with E-state index in [9.17, 15) is 0 Å². The maximum absolute atomic E-state index is 6.62. The maximum atomic E-state index is 6.62. The highest BCUT2D eigenvalue weighted by Crippen LogP contribution is 2.51. The number of pyridine rings is 1. The van der Waals surface area contributed by atoms with Crippen LogP contribution in [0.15, 0.2) is 71.3 Å². The number of benzene rings is 4. The zero-order valence-corrected chi connectivity index (χ0v) is 17.6. The second-order valence-corrected chi connectivity index (χ2v) is 8.57. The minimum Gasteiger partial charge on any atom is -0.455 e. The van der Waals surface area contributed by atoms with E-state index in [-0.39, 0.29) is 0 Å². The quantitative estimate of drug-likeness (QED) is 0.253. The van der Waals surface area contributed by atoms with Gasteiger partial charge in [-0.2, -0.15) is 4.57 Å². The molecule has 2 aromatic heterocycles. The second-order valence-electron chi connectivity index (χ2n) is 8.57. The van der Waals surface area contributed by atoms with Crippen molar-refractivity contribution in [3.8, 4) is 22.8 Å². The van der Waals surface area contributed by atoms with Crippen LogP contribution in [-0.2, 0) is 7.05 Å². The molecule has 3 heterocycles.